The van der Waals surface area contributed by atoms with Crippen molar-refractivity contribution in [3.63, 3.8) is 0 Å². The van der Waals surface area contributed by atoms with Crippen LogP contribution in [0.3, 0.4) is 0 Å². The molecule has 2 aromatic carbocycles. The van der Waals surface area contributed by atoms with E-state index < -0.39 is 0 Å². The van der Waals surface area contributed by atoms with Crippen molar-refractivity contribution in [2.75, 3.05) is 6.61 Å². The van der Waals surface area contributed by atoms with E-state index in [2.05, 4.69) is 38.1 Å². The molecule has 0 aliphatic carbocycles. The molecule has 20 heavy (non-hydrogen) atoms. The number of benzene rings is 2. The zero-order valence-electron chi connectivity index (χ0n) is 12.1. The van der Waals surface area contributed by atoms with Crippen molar-refractivity contribution in [1.29, 1.82) is 0 Å². The molecule has 2 heteroatoms. The molecule has 0 aromatic heterocycles. The van der Waals surface area contributed by atoms with Gasteiger partial charge in [-0.1, -0.05) is 61.8 Å². The molecule has 0 aliphatic rings. The minimum absolute atomic E-state index is 0.115. The second kappa shape index (κ2) is 6.43. The average Bonchev–Trinajstić information content (AvgIpc) is 2.48. The number of halogens is 1. The summed E-state index contributed by atoms with van der Waals surface area (Å²) in [5, 5.41) is 10.6. The van der Waals surface area contributed by atoms with Crippen LogP contribution >= 0.6 is 11.6 Å². The molecule has 0 saturated carbocycles. The predicted molar refractivity (Wildman–Crippen MR) is 85.4 cm³/mol. The van der Waals surface area contributed by atoms with E-state index in [1.165, 1.54) is 11.1 Å². The van der Waals surface area contributed by atoms with Crippen LogP contribution in [0.1, 0.15) is 30.5 Å². The molecule has 0 spiro atoms. The Balaban J connectivity index is 2.23. The van der Waals surface area contributed by atoms with Crippen LogP contribution in [0.4, 0.5) is 0 Å². The predicted octanol–water partition coefficient (Wildman–Crippen LogP) is 4.40. The summed E-state index contributed by atoms with van der Waals surface area (Å²) in [4.78, 5) is 0. The van der Waals surface area contributed by atoms with Crippen molar-refractivity contribution in [3.05, 3.63) is 70.2 Å². The summed E-state index contributed by atoms with van der Waals surface area (Å²) in [5.41, 5.74) is 3.42. The first-order chi connectivity index (χ1) is 9.57. The number of hydrogen-bond donors (Lipinski definition) is 1. The van der Waals surface area contributed by atoms with Crippen LogP contribution in [0.2, 0.25) is 5.02 Å². The number of rotatable bonds is 5. The first-order valence-electron chi connectivity index (χ1n) is 7.02. The molecule has 0 fully saturated rings. The fourth-order valence-electron chi connectivity index (χ4n) is 2.44. The maximum absolute atomic E-state index is 9.84. The molecule has 0 aliphatic heterocycles. The van der Waals surface area contributed by atoms with E-state index in [-0.39, 0.29) is 12.0 Å². The van der Waals surface area contributed by atoms with Crippen molar-refractivity contribution in [1.82, 2.24) is 0 Å². The zero-order chi connectivity index (χ0) is 14.6. The van der Waals surface area contributed by atoms with Gasteiger partial charge in [0.1, 0.15) is 0 Å². The highest BCUT2D eigenvalue weighted by Crippen LogP contribution is 2.29. The van der Waals surface area contributed by atoms with Crippen LogP contribution in [-0.2, 0) is 18.3 Å². The minimum Gasteiger partial charge on any atom is -0.395 e. The van der Waals surface area contributed by atoms with E-state index in [4.69, 9.17) is 11.6 Å². The van der Waals surface area contributed by atoms with Gasteiger partial charge in [0, 0.05) is 10.4 Å². The van der Waals surface area contributed by atoms with Gasteiger partial charge in [-0.25, -0.2) is 0 Å². The first kappa shape index (κ1) is 15.1. The summed E-state index contributed by atoms with van der Waals surface area (Å²) in [5.74, 6) is 0. The lowest BCUT2D eigenvalue weighted by Crippen LogP contribution is -2.29. The summed E-state index contributed by atoms with van der Waals surface area (Å²) in [7, 11) is 0. The Kier molecular flexibility index (Phi) is 4.85. The third kappa shape index (κ3) is 3.41. The molecule has 0 amide bonds. The molecule has 1 unspecified atom stereocenters. The Morgan fingerprint density at radius 3 is 2.00 bits per heavy atom. The maximum Gasteiger partial charge on any atom is 0.0528 e. The normalized spacial score (nSPS) is 14.0. The third-order valence-electron chi connectivity index (χ3n) is 3.92. The Morgan fingerprint density at radius 1 is 0.950 bits per heavy atom. The molecule has 1 nitrogen and oxygen atoms in total. The molecule has 1 N–H and O–H groups in total. The van der Waals surface area contributed by atoms with Crippen LogP contribution in [0, 0.1) is 0 Å². The van der Waals surface area contributed by atoms with Gasteiger partial charge in [0.2, 0.25) is 0 Å². The van der Waals surface area contributed by atoms with Gasteiger partial charge in [-0.05, 0) is 41.7 Å². The van der Waals surface area contributed by atoms with Gasteiger partial charge >= 0.3 is 0 Å². The van der Waals surface area contributed by atoms with Gasteiger partial charge < -0.3 is 5.11 Å². The summed E-state index contributed by atoms with van der Waals surface area (Å²) < 4.78 is 0. The molecule has 2 rings (SSSR count). The topological polar surface area (TPSA) is 20.2 Å². The molecule has 0 radical (unpaired) electrons. The number of aliphatic hydroxyl groups excluding tert-OH is 1. The zero-order valence-corrected chi connectivity index (χ0v) is 12.8. The second-order valence-electron chi connectivity index (χ2n) is 5.57. The monoisotopic (exact) mass is 288 g/mol. The Hall–Kier alpha value is -1.31. The van der Waals surface area contributed by atoms with Crippen molar-refractivity contribution in [2.45, 2.75) is 32.1 Å². The largest absolute Gasteiger partial charge is 0.395 e. The Morgan fingerprint density at radius 2 is 1.50 bits per heavy atom. The standard InChI is InChI=1S/C18H21ClO/c1-3-14-4-6-15(7-5-14)12-18(2,13-20)16-8-10-17(19)11-9-16/h4-11,20H,3,12-13H2,1-2H3. The van der Waals surface area contributed by atoms with Gasteiger partial charge in [0.15, 0.2) is 0 Å². The van der Waals surface area contributed by atoms with Crippen molar-refractivity contribution in [2.24, 2.45) is 0 Å². The molecule has 2 aromatic rings. The van der Waals surface area contributed by atoms with Crippen LogP contribution in [0.5, 0.6) is 0 Å². The second-order valence-corrected chi connectivity index (χ2v) is 6.01. The number of aryl methyl sites for hydroxylation is 1. The van der Waals surface area contributed by atoms with Crippen molar-refractivity contribution < 1.29 is 5.11 Å². The highest BCUT2D eigenvalue weighted by molar-refractivity contribution is 6.30. The summed E-state index contributed by atoms with van der Waals surface area (Å²) >= 11 is 5.94. The lowest BCUT2D eigenvalue weighted by molar-refractivity contribution is 0.204. The highest BCUT2D eigenvalue weighted by Gasteiger charge is 2.26. The first-order valence-corrected chi connectivity index (χ1v) is 7.40. The van der Waals surface area contributed by atoms with Gasteiger partial charge in [-0.2, -0.15) is 0 Å². The summed E-state index contributed by atoms with van der Waals surface area (Å²) in [6, 6.07) is 16.4. The fourth-order valence-corrected chi connectivity index (χ4v) is 2.57. The van der Waals surface area contributed by atoms with E-state index in [9.17, 15) is 5.11 Å². The lowest BCUT2D eigenvalue weighted by Gasteiger charge is -2.28. The number of aliphatic hydroxyl groups is 1. The molecule has 106 valence electrons. The third-order valence-corrected chi connectivity index (χ3v) is 4.17. The van der Waals surface area contributed by atoms with E-state index >= 15 is 0 Å². The van der Waals surface area contributed by atoms with Gasteiger partial charge in [0.25, 0.3) is 0 Å². The Bertz CT molecular complexity index is 545. The fraction of sp³-hybridized carbons (Fsp3) is 0.333. The molecular formula is C18H21ClO. The average molecular weight is 289 g/mol. The Labute approximate surface area is 126 Å². The molecular weight excluding hydrogens is 268 g/mol. The van der Waals surface area contributed by atoms with Crippen LogP contribution in [0.25, 0.3) is 0 Å². The summed E-state index contributed by atoms with van der Waals surface area (Å²) in [6.07, 6.45) is 1.86. The molecule has 1 atom stereocenters. The molecule has 0 heterocycles. The highest BCUT2D eigenvalue weighted by atomic mass is 35.5. The SMILES string of the molecule is CCc1ccc(CC(C)(CO)c2ccc(Cl)cc2)cc1. The van der Waals surface area contributed by atoms with Gasteiger partial charge in [-0.3, -0.25) is 0 Å². The van der Waals surface area contributed by atoms with Crippen LogP contribution in [-0.4, -0.2) is 11.7 Å². The summed E-state index contributed by atoms with van der Waals surface area (Å²) in [6.45, 7) is 4.36. The quantitative estimate of drug-likeness (QED) is 0.865. The van der Waals surface area contributed by atoms with E-state index in [0.717, 1.165) is 23.4 Å². The smallest absolute Gasteiger partial charge is 0.0528 e. The van der Waals surface area contributed by atoms with Crippen molar-refractivity contribution >= 4 is 11.6 Å². The maximum atomic E-state index is 9.84. The lowest BCUT2D eigenvalue weighted by atomic mass is 9.78. The van der Waals surface area contributed by atoms with Gasteiger partial charge in [-0.15, -0.1) is 0 Å². The van der Waals surface area contributed by atoms with Crippen LogP contribution < -0.4 is 0 Å². The van der Waals surface area contributed by atoms with E-state index in [1.807, 2.05) is 24.3 Å². The minimum atomic E-state index is -0.279. The van der Waals surface area contributed by atoms with Crippen molar-refractivity contribution in [3.8, 4) is 0 Å². The van der Waals surface area contributed by atoms with Crippen LogP contribution in [0.15, 0.2) is 48.5 Å². The number of hydrogen-bond acceptors (Lipinski definition) is 1. The molecule has 0 saturated heterocycles. The van der Waals surface area contributed by atoms with E-state index in [1.54, 1.807) is 0 Å². The molecule has 0 bridgehead atoms. The van der Waals surface area contributed by atoms with Gasteiger partial charge in [0.05, 0.1) is 6.61 Å². The van der Waals surface area contributed by atoms with E-state index in [0.29, 0.717) is 0 Å².